The molecule has 0 atom stereocenters. The lowest BCUT2D eigenvalue weighted by Crippen LogP contribution is -2.29. The van der Waals surface area contributed by atoms with Crippen LogP contribution in [0.4, 0.5) is 5.69 Å². The van der Waals surface area contributed by atoms with Gasteiger partial charge in [0.1, 0.15) is 4.99 Å². The minimum Gasteiger partial charge on any atom is -0.389 e. The van der Waals surface area contributed by atoms with Crippen molar-refractivity contribution < 1.29 is 8.42 Å². The largest absolute Gasteiger partial charge is 0.389 e. The van der Waals surface area contributed by atoms with Gasteiger partial charge in [0.25, 0.3) is 10.0 Å². The Kier molecular flexibility index (Phi) is 3.43. The Morgan fingerprint density at radius 2 is 1.76 bits per heavy atom. The highest BCUT2D eigenvalue weighted by Crippen LogP contribution is 2.32. The molecular formula is C15H14N2O2S2. The maximum atomic E-state index is 12.7. The van der Waals surface area contributed by atoms with E-state index in [1.807, 2.05) is 24.3 Å². The summed E-state index contributed by atoms with van der Waals surface area (Å²) in [6, 6.07) is 13.9. The summed E-state index contributed by atoms with van der Waals surface area (Å²) in [6.07, 6.45) is 0.736. The number of hydrogen-bond donors (Lipinski definition) is 1. The number of fused-ring (bicyclic) bond motifs is 1. The highest BCUT2D eigenvalue weighted by atomic mass is 32.2. The highest BCUT2D eigenvalue weighted by Gasteiger charge is 2.30. The molecule has 1 heterocycles. The van der Waals surface area contributed by atoms with E-state index >= 15 is 0 Å². The van der Waals surface area contributed by atoms with E-state index in [0.717, 1.165) is 17.7 Å². The Morgan fingerprint density at radius 3 is 2.43 bits per heavy atom. The lowest BCUT2D eigenvalue weighted by molar-refractivity contribution is 0.592. The van der Waals surface area contributed by atoms with Crippen LogP contribution in [0.25, 0.3) is 0 Å². The predicted octanol–water partition coefficient (Wildman–Crippen LogP) is 2.07. The van der Waals surface area contributed by atoms with E-state index in [4.69, 9.17) is 18.0 Å². The zero-order valence-corrected chi connectivity index (χ0v) is 12.8. The van der Waals surface area contributed by atoms with Gasteiger partial charge in [0.2, 0.25) is 0 Å². The average molecular weight is 318 g/mol. The van der Waals surface area contributed by atoms with Gasteiger partial charge in [0.05, 0.1) is 10.6 Å². The van der Waals surface area contributed by atoms with Gasteiger partial charge in [-0.25, -0.2) is 8.42 Å². The van der Waals surface area contributed by atoms with Crippen molar-refractivity contribution in [1.82, 2.24) is 0 Å². The maximum absolute atomic E-state index is 12.7. The van der Waals surface area contributed by atoms with Crippen LogP contribution < -0.4 is 10.0 Å². The summed E-state index contributed by atoms with van der Waals surface area (Å²) in [5.74, 6) is 0. The molecule has 0 radical (unpaired) electrons. The zero-order chi connectivity index (χ0) is 15.0. The molecule has 2 aromatic carbocycles. The van der Waals surface area contributed by atoms with Crippen LogP contribution in [-0.4, -0.2) is 20.0 Å². The molecule has 0 saturated heterocycles. The summed E-state index contributed by atoms with van der Waals surface area (Å²) in [7, 11) is -3.55. The van der Waals surface area contributed by atoms with Crippen molar-refractivity contribution in [2.45, 2.75) is 11.3 Å². The van der Waals surface area contributed by atoms with Crippen LogP contribution in [0.3, 0.4) is 0 Å². The van der Waals surface area contributed by atoms with Gasteiger partial charge in [-0.2, -0.15) is 0 Å². The predicted molar refractivity (Wildman–Crippen MR) is 87.0 cm³/mol. The Labute approximate surface area is 129 Å². The molecule has 1 aliphatic heterocycles. The molecule has 0 spiro atoms. The second kappa shape index (κ2) is 5.13. The minimum atomic E-state index is -3.55. The first-order chi connectivity index (χ1) is 10.00. The SMILES string of the molecule is NC(=S)c1ccc(S(=O)(=O)N2CCc3ccccc32)cc1. The molecule has 0 saturated carbocycles. The van der Waals surface area contributed by atoms with Gasteiger partial charge >= 0.3 is 0 Å². The Balaban J connectivity index is 2.00. The van der Waals surface area contributed by atoms with E-state index < -0.39 is 10.0 Å². The standard InChI is InChI=1S/C15H14N2O2S2/c16-15(20)12-5-7-13(8-6-12)21(18,19)17-10-9-11-3-1-2-4-14(11)17/h1-8H,9-10H2,(H2,16,20). The third-order valence-corrected chi connectivity index (χ3v) is 5.63. The van der Waals surface area contributed by atoms with Gasteiger partial charge < -0.3 is 5.73 Å². The van der Waals surface area contributed by atoms with Crippen LogP contribution in [0.1, 0.15) is 11.1 Å². The Bertz CT molecular complexity index is 799. The van der Waals surface area contributed by atoms with Crippen LogP contribution in [0.2, 0.25) is 0 Å². The van der Waals surface area contributed by atoms with Crippen molar-refractivity contribution in [1.29, 1.82) is 0 Å². The van der Waals surface area contributed by atoms with Crippen LogP contribution in [-0.2, 0) is 16.4 Å². The molecule has 0 amide bonds. The molecule has 1 aliphatic rings. The topological polar surface area (TPSA) is 63.4 Å². The van der Waals surface area contributed by atoms with Crippen molar-refractivity contribution in [3.8, 4) is 0 Å². The second-order valence-electron chi connectivity index (χ2n) is 4.84. The first-order valence-corrected chi connectivity index (χ1v) is 8.35. The van der Waals surface area contributed by atoms with Crippen LogP contribution in [0.15, 0.2) is 53.4 Å². The van der Waals surface area contributed by atoms with E-state index in [2.05, 4.69) is 0 Å². The molecule has 0 fully saturated rings. The third kappa shape index (κ3) is 2.41. The normalized spacial score (nSPS) is 14.0. The Morgan fingerprint density at radius 1 is 1.10 bits per heavy atom. The third-order valence-electron chi connectivity index (χ3n) is 3.57. The molecule has 0 aliphatic carbocycles. The number of benzene rings is 2. The van der Waals surface area contributed by atoms with E-state index in [0.29, 0.717) is 12.1 Å². The summed E-state index contributed by atoms with van der Waals surface area (Å²) < 4.78 is 26.9. The summed E-state index contributed by atoms with van der Waals surface area (Å²) in [5.41, 5.74) is 8.00. The van der Waals surface area contributed by atoms with Gasteiger partial charge in [-0.3, -0.25) is 4.31 Å². The molecule has 0 unspecified atom stereocenters. The average Bonchev–Trinajstić information content (AvgIpc) is 2.92. The Hall–Kier alpha value is -1.92. The number of hydrogen-bond acceptors (Lipinski definition) is 3. The fourth-order valence-corrected chi connectivity index (χ4v) is 4.12. The van der Waals surface area contributed by atoms with Crippen molar-refractivity contribution in [3.63, 3.8) is 0 Å². The molecule has 21 heavy (non-hydrogen) atoms. The number of rotatable bonds is 3. The van der Waals surface area contributed by atoms with Gasteiger partial charge in [0.15, 0.2) is 0 Å². The van der Waals surface area contributed by atoms with Crippen molar-refractivity contribution in [3.05, 3.63) is 59.7 Å². The van der Waals surface area contributed by atoms with Crippen LogP contribution in [0.5, 0.6) is 0 Å². The number of nitrogens with zero attached hydrogens (tertiary/aromatic N) is 1. The quantitative estimate of drug-likeness (QED) is 0.880. The van der Waals surface area contributed by atoms with Gasteiger partial charge in [-0.15, -0.1) is 0 Å². The van der Waals surface area contributed by atoms with Gasteiger partial charge in [-0.05, 0) is 30.2 Å². The molecule has 0 aromatic heterocycles. The van der Waals surface area contributed by atoms with Crippen LogP contribution in [0, 0.1) is 0 Å². The molecule has 6 heteroatoms. The minimum absolute atomic E-state index is 0.249. The summed E-state index contributed by atoms with van der Waals surface area (Å²) in [5, 5.41) is 0. The molecule has 4 nitrogen and oxygen atoms in total. The van der Waals surface area contributed by atoms with Gasteiger partial charge in [0, 0.05) is 12.1 Å². The number of para-hydroxylation sites is 1. The molecule has 2 aromatic rings. The number of sulfonamides is 1. The smallest absolute Gasteiger partial charge is 0.264 e. The zero-order valence-electron chi connectivity index (χ0n) is 11.2. The fraction of sp³-hybridized carbons (Fsp3) is 0.133. The molecule has 3 rings (SSSR count). The molecular weight excluding hydrogens is 304 g/mol. The number of anilines is 1. The maximum Gasteiger partial charge on any atom is 0.264 e. The second-order valence-corrected chi connectivity index (χ2v) is 7.15. The molecule has 2 N–H and O–H groups in total. The first-order valence-electron chi connectivity index (χ1n) is 6.50. The van der Waals surface area contributed by atoms with Gasteiger partial charge in [-0.1, -0.05) is 42.5 Å². The lowest BCUT2D eigenvalue weighted by Gasteiger charge is -2.19. The first kappa shape index (κ1) is 14.0. The molecule has 108 valence electrons. The molecule has 0 bridgehead atoms. The van der Waals surface area contributed by atoms with Crippen molar-refractivity contribution in [2.75, 3.05) is 10.8 Å². The number of nitrogens with two attached hydrogens (primary N) is 1. The van der Waals surface area contributed by atoms with E-state index in [-0.39, 0.29) is 9.88 Å². The van der Waals surface area contributed by atoms with E-state index in [9.17, 15) is 8.42 Å². The number of thiocarbonyl (C=S) groups is 1. The van der Waals surface area contributed by atoms with Crippen molar-refractivity contribution in [2.24, 2.45) is 5.73 Å². The highest BCUT2D eigenvalue weighted by molar-refractivity contribution is 7.92. The summed E-state index contributed by atoms with van der Waals surface area (Å²) in [6.45, 7) is 0.471. The monoisotopic (exact) mass is 318 g/mol. The summed E-state index contributed by atoms with van der Waals surface area (Å²) >= 11 is 4.88. The van der Waals surface area contributed by atoms with Crippen molar-refractivity contribution >= 4 is 32.9 Å². The summed E-state index contributed by atoms with van der Waals surface area (Å²) in [4.78, 5) is 0.504. The van der Waals surface area contributed by atoms with E-state index in [1.54, 1.807) is 24.3 Å². The van der Waals surface area contributed by atoms with Crippen LogP contribution >= 0.6 is 12.2 Å². The lowest BCUT2D eigenvalue weighted by atomic mass is 10.2. The fourth-order valence-electron chi connectivity index (χ4n) is 2.48. The van der Waals surface area contributed by atoms with E-state index in [1.165, 1.54) is 4.31 Å².